The minimum Gasteiger partial charge on any atom is -0.496 e. The number of methoxy groups -OCH3 is 1. The van der Waals surface area contributed by atoms with E-state index in [0.29, 0.717) is 17.5 Å². The maximum atomic E-state index is 11.0. The van der Waals surface area contributed by atoms with Gasteiger partial charge in [0.25, 0.3) is 5.69 Å². The highest BCUT2D eigenvalue weighted by molar-refractivity contribution is 5.63. The van der Waals surface area contributed by atoms with Gasteiger partial charge in [0.1, 0.15) is 11.4 Å². The second-order valence-corrected chi connectivity index (χ2v) is 4.65. The van der Waals surface area contributed by atoms with Crippen LogP contribution in [0.25, 0.3) is 0 Å². The van der Waals surface area contributed by atoms with Gasteiger partial charge in [-0.3, -0.25) is 10.1 Å². The fraction of sp³-hybridized carbons (Fsp3) is 0.538. The van der Waals surface area contributed by atoms with Crippen molar-refractivity contribution >= 4 is 11.4 Å². The highest BCUT2D eigenvalue weighted by Crippen LogP contribution is 2.28. The Morgan fingerprint density at radius 1 is 1.58 bits per heavy atom. The molecule has 1 aliphatic heterocycles. The molecule has 6 nitrogen and oxygen atoms in total. The van der Waals surface area contributed by atoms with E-state index in [-0.39, 0.29) is 5.69 Å². The third kappa shape index (κ3) is 3.57. The molecule has 2 rings (SSSR count). The number of nitrogens with one attached hydrogen (secondary N) is 2. The largest absolute Gasteiger partial charge is 0.496 e. The van der Waals surface area contributed by atoms with Crippen molar-refractivity contribution in [3.63, 3.8) is 0 Å². The molecule has 2 N–H and O–H groups in total. The number of hydrogen-bond acceptors (Lipinski definition) is 5. The predicted octanol–water partition coefficient (Wildman–Crippen LogP) is 2.16. The van der Waals surface area contributed by atoms with Crippen LogP contribution in [0.2, 0.25) is 0 Å². The minimum absolute atomic E-state index is 0.0544. The summed E-state index contributed by atoms with van der Waals surface area (Å²) >= 11 is 0. The Balaban J connectivity index is 1.96. The number of nitrogens with zero attached hydrogens (tertiary/aromatic N) is 1. The molecule has 0 spiro atoms. The van der Waals surface area contributed by atoms with Crippen LogP contribution in [0, 0.1) is 10.1 Å². The predicted molar refractivity (Wildman–Crippen MR) is 73.8 cm³/mol. The molecule has 0 radical (unpaired) electrons. The van der Waals surface area contributed by atoms with Crippen molar-refractivity contribution in [1.82, 2.24) is 5.32 Å². The molecule has 0 bridgehead atoms. The summed E-state index contributed by atoms with van der Waals surface area (Å²) in [4.78, 5) is 10.6. The molecular weight excluding hydrogens is 246 g/mol. The first-order valence-electron chi connectivity index (χ1n) is 6.50. The van der Waals surface area contributed by atoms with E-state index in [4.69, 9.17) is 4.74 Å². The molecule has 1 atom stereocenters. The van der Waals surface area contributed by atoms with Gasteiger partial charge in [-0.1, -0.05) is 0 Å². The van der Waals surface area contributed by atoms with Gasteiger partial charge in [-0.15, -0.1) is 0 Å². The molecule has 1 heterocycles. The zero-order chi connectivity index (χ0) is 13.7. The number of rotatable bonds is 6. The fourth-order valence-corrected chi connectivity index (χ4v) is 2.32. The second-order valence-electron chi connectivity index (χ2n) is 4.65. The summed E-state index contributed by atoms with van der Waals surface area (Å²) in [5.74, 6) is 0.495. The van der Waals surface area contributed by atoms with Crippen LogP contribution in [0.1, 0.15) is 19.3 Å². The molecule has 19 heavy (non-hydrogen) atoms. The highest BCUT2D eigenvalue weighted by atomic mass is 16.6. The first-order valence-corrected chi connectivity index (χ1v) is 6.50. The lowest BCUT2D eigenvalue weighted by Gasteiger charge is -2.12. The van der Waals surface area contributed by atoms with Gasteiger partial charge in [-0.05, 0) is 37.9 Å². The molecule has 0 aliphatic carbocycles. The molecule has 0 unspecified atom stereocenters. The SMILES string of the molecule is COc1ccc(NCC[C@H]2CCCN2)c([N+](=O)[O-])c1. The summed E-state index contributed by atoms with van der Waals surface area (Å²) in [6, 6.07) is 5.39. The van der Waals surface area contributed by atoms with E-state index in [0.717, 1.165) is 19.5 Å². The molecule has 1 aliphatic rings. The lowest BCUT2D eigenvalue weighted by atomic mass is 10.1. The molecular formula is C13H19N3O3. The standard InChI is InChI=1S/C13H19N3O3/c1-19-11-4-5-12(13(9-11)16(17)18)15-8-6-10-3-2-7-14-10/h4-5,9-10,14-15H,2-3,6-8H2,1H3/t10-/m1/s1. The second kappa shape index (κ2) is 6.38. The Kier molecular flexibility index (Phi) is 4.57. The molecule has 1 aromatic carbocycles. The van der Waals surface area contributed by atoms with Gasteiger partial charge in [0.2, 0.25) is 0 Å². The van der Waals surface area contributed by atoms with E-state index >= 15 is 0 Å². The topological polar surface area (TPSA) is 76.4 Å². The number of benzene rings is 1. The summed E-state index contributed by atoms with van der Waals surface area (Å²) in [6.45, 7) is 1.80. The van der Waals surface area contributed by atoms with E-state index in [9.17, 15) is 10.1 Å². The summed E-state index contributed by atoms with van der Waals surface area (Å²) < 4.78 is 5.00. The molecule has 1 fully saturated rings. The van der Waals surface area contributed by atoms with Crippen molar-refractivity contribution in [3.05, 3.63) is 28.3 Å². The van der Waals surface area contributed by atoms with E-state index in [2.05, 4.69) is 10.6 Å². The average Bonchev–Trinajstić information content (AvgIpc) is 2.92. The van der Waals surface area contributed by atoms with Gasteiger partial charge in [0.05, 0.1) is 18.1 Å². The van der Waals surface area contributed by atoms with Crippen LogP contribution in [-0.4, -0.2) is 31.2 Å². The lowest BCUT2D eigenvalue weighted by molar-refractivity contribution is -0.384. The summed E-state index contributed by atoms with van der Waals surface area (Å²) in [6.07, 6.45) is 3.38. The Hall–Kier alpha value is -1.82. The Morgan fingerprint density at radius 3 is 3.05 bits per heavy atom. The zero-order valence-corrected chi connectivity index (χ0v) is 11.0. The number of nitro benzene ring substituents is 1. The van der Waals surface area contributed by atoms with E-state index in [1.165, 1.54) is 26.0 Å². The molecule has 1 saturated heterocycles. The van der Waals surface area contributed by atoms with Crippen molar-refractivity contribution in [1.29, 1.82) is 0 Å². The van der Waals surface area contributed by atoms with Crippen molar-refractivity contribution in [3.8, 4) is 5.75 Å². The minimum atomic E-state index is -0.390. The van der Waals surface area contributed by atoms with Crippen molar-refractivity contribution < 1.29 is 9.66 Å². The molecule has 6 heteroatoms. The van der Waals surface area contributed by atoms with Crippen LogP contribution >= 0.6 is 0 Å². The molecule has 1 aromatic rings. The Labute approximate surface area is 112 Å². The van der Waals surface area contributed by atoms with Crippen LogP contribution < -0.4 is 15.4 Å². The maximum Gasteiger partial charge on any atom is 0.296 e. The molecule has 0 saturated carbocycles. The molecule has 0 aromatic heterocycles. The zero-order valence-electron chi connectivity index (χ0n) is 11.0. The van der Waals surface area contributed by atoms with E-state index in [1.807, 2.05) is 0 Å². The quantitative estimate of drug-likeness (QED) is 0.609. The van der Waals surface area contributed by atoms with Crippen LogP contribution in [0.4, 0.5) is 11.4 Å². The summed E-state index contributed by atoms with van der Waals surface area (Å²) in [5.41, 5.74) is 0.600. The Morgan fingerprint density at radius 2 is 2.42 bits per heavy atom. The lowest BCUT2D eigenvalue weighted by Crippen LogP contribution is -2.24. The van der Waals surface area contributed by atoms with Crippen molar-refractivity contribution in [2.24, 2.45) is 0 Å². The van der Waals surface area contributed by atoms with E-state index < -0.39 is 4.92 Å². The summed E-state index contributed by atoms with van der Waals surface area (Å²) in [5, 5.41) is 17.5. The van der Waals surface area contributed by atoms with Gasteiger partial charge < -0.3 is 15.4 Å². The van der Waals surface area contributed by atoms with Crippen LogP contribution in [-0.2, 0) is 0 Å². The smallest absolute Gasteiger partial charge is 0.296 e. The summed E-state index contributed by atoms with van der Waals surface area (Å²) in [7, 11) is 1.50. The van der Waals surface area contributed by atoms with Gasteiger partial charge in [0.15, 0.2) is 0 Å². The van der Waals surface area contributed by atoms with Crippen molar-refractivity contribution in [2.45, 2.75) is 25.3 Å². The normalized spacial score (nSPS) is 18.3. The molecule has 104 valence electrons. The first-order chi connectivity index (χ1) is 9.20. The third-order valence-electron chi connectivity index (χ3n) is 3.37. The van der Waals surface area contributed by atoms with Crippen LogP contribution in [0.3, 0.4) is 0 Å². The van der Waals surface area contributed by atoms with Crippen LogP contribution in [0.15, 0.2) is 18.2 Å². The van der Waals surface area contributed by atoms with Crippen molar-refractivity contribution in [2.75, 3.05) is 25.5 Å². The van der Waals surface area contributed by atoms with Gasteiger partial charge in [0, 0.05) is 12.6 Å². The number of anilines is 1. The fourth-order valence-electron chi connectivity index (χ4n) is 2.32. The first kappa shape index (κ1) is 13.6. The Bertz CT molecular complexity index is 445. The van der Waals surface area contributed by atoms with Gasteiger partial charge >= 0.3 is 0 Å². The maximum absolute atomic E-state index is 11.0. The van der Waals surface area contributed by atoms with Gasteiger partial charge in [-0.2, -0.15) is 0 Å². The average molecular weight is 265 g/mol. The third-order valence-corrected chi connectivity index (χ3v) is 3.37. The molecule has 0 amide bonds. The number of hydrogen-bond donors (Lipinski definition) is 2. The van der Waals surface area contributed by atoms with Gasteiger partial charge in [-0.25, -0.2) is 0 Å². The van der Waals surface area contributed by atoms with E-state index in [1.54, 1.807) is 12.1 Å². The number of ether oxygens (including phenoxy) is 1. The highest BCUT2D eigenvalue weighted by Gasteiger charge is 2.16. The van der Waals surface area contributed by atoms with Crippen LogP contribution in [0.5, 0.6) is 5.75 Å². The monoisotopic (exact) mass is 265 g/mol. The number of nitro groups is 1.